The third-order valence-electron chi connectivity index (χ3n) is 4.04. The second-order valence-corrected chi connectivity index (χ2v) is 6.48. The first-order valence-corrected chi connectivity index (χ1v) is 8.28. The minimum absolute atomic E-state index is 0.281. The molecular formula is C17H24BrN3. The van der Waals surface area contributed by atoms with Crippen molar-refractivity contribution in [3.63, 3.8) is 0 Å². The van der Waals surface area contributed by atoms with Crippen LogP contribution in [0.2, 0.25) is 0 Å². The Kier molecular flexibility index (Phi) is 5.22. The van der Waals surface area contributed by atoms with Gasteiger partial charge in [0.05, 0.1) is 5.69 Å². The normalized spacial score (nSPS) is 14.2. The Hall–Kier alpha value is -1.13. The second-order valence-electron chi connectivity index (χ2n) is 5.56. The number of benzene rings is 1. The van der Waals surface area contributed by atoms with Crippen molar-refractivity contribution < 1.29 is 0 Å². The molecule has 114 valence electrons. The van der Waals surface area contributed by atoms with Crippen molar-refractivity contribution in [3.05, 3.63) is 51.3 Å². The van der Waals surface area contributed by atoms with Gasteiger partial charge in [0.15, 0.2) is 0 Å². The van der Waals surface area contributed by atoms with E-state index in [1.165, 1.54) is 16.8 Å². The summed E-state index contributed by atoms with van der Waals surface area (Å²) in [6, 6.07) is 9.07. The van der Waals surface area contributed by atoms with E-state index in [9.17, 15) is 0 Å². The summed E-state index contributed by atoms with van der Waals surface area (Å²) in [6.07, 6.45) is 0. The maximum atomic E-state index is 4.61. The number of nitrogens with zero attached hydrogens (tertiary/aromatic N) is 2. The Bertz CT molecular complexity index is 601. The molecule has 1 heterocycles. The fraction of sp³-hybridized carbons (Fsp3) is 0.471. The average Bonchev–Trinajstić information content (AvgIpc) is 2.73. The van der Waals surface area contributed by atoms with E-state index >= 15 is 0 Å². The lowest BCUT2D eigenvalue weighted by molar-refractivity contribution is 0.490. The lowest BCUT2D eigenvalue weighted by Gasteiger charge is -2.21. The van der Waals surface area contributed by atoms with Gasteiger partial charge in [0.25, 0.3) is 0 Å². The molecule has 2 atom stereocenters. The van der Waals surface area contributed by atoms with Gasteiger partial charge in [0, 0.05) is 34.4 Å². The number of rotatable bonds is 5. The van der Waals surface area contributed by atoms with Crippen LogP contribution in [0.25, 0.3) is 0 Å². The second kappa shape index (κ2) is 6.75. The van der Waals surface area contributed by atoms with Gasteiger partial charge in [-0.25, -0.2) is 0 Å². The lowest BCUT2D eigenvalue weighted by atomic mass is 10.0. The standard InChI is InChI=1S/C17H24BrN3/c1-6-21-14(5)17(13(4)20-21)12(3)19-11(2)15-7-9-16(18)10-8-15/h7-12,19H,6H2,1-5H3/t11-,12?/m1/s1. The SMILES string of the molecule is CCn1nc(C)c(C(C)N[C@H](C)c2ccc(Br)cc2)c1C. The number of hydrogen-bond acceptors (Lipinski definition) is 2. The number of nitrogens with one attached hydrogen (secondary N) is 1. The molecule has 1 unspecified atom stereocenters. The van der Waals surface area contributed by atoms with Crippen LogP contribution in [0.5, 0.6) is 0 Å². The van der Waals surface area contributed by atoms with Crippen LogP contribution in [0.3, 0.4) is 0 Å². The molecule has 1 aromatic heterocycles. The summed E-state index contributed by atoms with van der Waals surface area (Å²) < 4.78 is 3.19. The lowest BCUT2D eigenvalue weighted by Crippen LogP contribution is -2.23. The maximum absolute atomic E-state index is 4.61. The predicted molar refractivity (Wildman–Crippen MR) is 91.5 cm³/mol. The van der Waals surface area contributed by atoms with Crippen LogP contribution in [0.15, 0.2) is 28.7 Å². The predicted octanol–water partition coefficient (Wildman–Crippen LogP) is 4.69. The highest BCUT2D eigenvalue weighted by atomic mass is 79.9. The molecule has 1 N–H and O–H groups in total. The molecule has 0 spiro atoms. The maximum Gasteiger partial charge on any atom is 0.0644 e. The number of hydrogen-bond donors (Lipinski definition) is 1. The Morgan fingerprint density at radius 2 is 1.76 bits per heavy atom. The van der Waals surface area contributed by atoms with Crippen molar-refractivity contribution in [2.75, 3.05) is 0 Å². The molecule has 3 nitrogen and oxygen atoms in total. The third-order valence-corrected chi connectivity index (χ3v) is 4.57. The highest BCUT2D eigenvalue weighted by Gasteiger charge is 2.18. The molecule has 2 rings (SSSR count). The number of halogens is 1. The Balaban J connectivity index is 2.16. The van der Waals surface area contributed by atoms with Crippen LogP contribution in [0.1, 0.15) is 55.4 Å². The van der Waals surface area contributed by atoms with Crippen molar-refractivity contribution >= 4 is 15.9 Å². The summed E-state index contributed by atoms with van der Waals surface area (Å²) in [4.78, 5) is 0. The van der Waals surface area contributed by atoms with Crippen LogP contribution >= 0.6 is 15.9 Å². The van der Waals surface area contributed by atoms with Crippen LogP contribution < -0.4 is 5.32 Å². The summed E-state index contributed by atoms with van der Waals surface area (Å²) in [5.74, 6) is 0. The van der Waals surface area contributed by atoms with Gasteiger partial charge in [-0.1, -0.05) is 28.1 Å². The monoisotopic (exact) mass is 349 g/mol. The van der Waals surface area contributed by atoms with Crippen LogP contribution in [-0.4, -0.2) is 9.78 Å². The van der Waals surface area contributed by atoms with Gasteiger partial charge in [-0.2, -0.15) is 5.10 Å². The molecule has 0 aliphatic heterocycles. The summed E-state index contributed by atoms with van der Waals surface area (Å²) in [6.45, 7) is 11.7. The van der Waals surface area contributed by atoms with E-state index < -0.39 is 0 Å². The van der Waals surface area contributed by atoms with Gasteiger partial charge < -0.3 is 5.32 Å². The summed E-state index contributed by atoms with van der Waals surface area (Å²) in [5, 5.41) is 8.29. The van der Waals surface area contributed by atoms with Crippen molar-refractivity contribution in [2.45, 2.75) is 53.2 Å². The van der Waals surface area contributed by atoms with E-state index in [2.05, 4.69) is 89.9 Å². The fourth-order valence-corrected chi connectivity index (χ4v) is 3.22. The van der Waals surface area contributed by atoms with E-state index in [-0.39, 0.29) is 6.04 Å². The minimum Gasteiger partial charge on any atom is -0.304 e. The average molecular weight is 350 g/mol. The van der Waals surface area contributed by atoms with Crippen LogP contribution in [0, 0.1) is 13.8 Å². The molecule has 0 aliphatic rings. The van der Waals surface area contributed by atoms with E-state index in [4.69, 9.17) is 0 Å². The Morgan fingerprint density at radius 1 is 1.14 bits per heavy atom. The zero-order valence-corrected chi connectivity index (χ0v) is 15.0. The first-order valence-electron chi connectivity index (χ1n) is 7.49. The number of aryl methyl sites for hydroxylation is 2. The first-order chi connectivity index (χ1) is 9.93. The molecule has 0 aliphatic carbocycles. The highest BCUT2D eigenvalue weighted by molar-refractivity contribution is 9.10. The Labute approximate surface area is 135 Å². The van der Waals surface area contributed by atoms with Crippen molar-refractivity contribution in [1.82, 2.24) is 15.1 Å². The van der Waals surface area contributed by atoms with E-state index in [1.807, 2.05) is 0 Å². The highest BCUT2D eigenvalue weighted by Crippen LogP contribution is 2.25. The molecule has 2 aromatic rings. The minimum atomic E-state index is 0.281. The van der Waals surface area contributed by atoms with Gasteiger partial charge in [-0.3, -0.25) is 4.68 Å². The van der Waals surface area contributed by atoms with Gasteiger partial charge in [-0.05, 0) is 52.3 Å². The summed E-state index contributed by atoms with van der Waals surface area (Å²) in [5.41, 5.74) is 5.00. The summed E-state index contributed by atoms with van der Waals surface area (Å²) in [7, 11) is 0. The Morgan fingerprint density at radius 3 is 2.29 bits per heavy atom. The smallest absolute Gasteiger partial charge is 0.0644 e. The summed E-state index contributed by atoms with van der Waals surface area (Å²) >= 11 is 3.48. The molecule has 0 saturated heterocycles. The molecule has 0 bridgehead atoms. The van der Waals surface area contributed by atoms with Crippen LogP contribution in [-0.2, 0) is 6.54 Å². The van der Waals surface area contributed by atoms with Crippen molar-refractivity contribution in [1.29, 1.82) is 0 Å². The fourth-order valence-electron chi connectivity index (χ4n) is 2.95. The van der Waals surface area contributed by atoms with E-state index in [0.717, 1.165) is 16.7 Å². The van der Waals surface area contributed by atoms with Gasteiger partial charge in [-0.15, -0.1) is 0 Å². The van der Waals surface area contributed by atoms with Gasteiger partial charge in [0.1, 0.15) is 0 Å². The van der Waals surface area contributed by atoms with Crippen molar-refractivity contribution in [3.8, 4) is 0 Å². The molecule has 1 aromatic carbocycles. The zero-order valence-electron chi connectivity index (χ0n) is 13.4. The largest absolute Gasteiger partial charge is 0.304 e. The van der Waals surface area contributed by atoms with E-state index in [1.54, 1.807) is 0 Å². The van der Waals surface area contributed by atoms with Gasteiger partial charge >= 0.3 is 0 Å². The van der Waals surface area contributed by atoms with Crippen LogP contribution in [0.4, 0.5) is 0 Å². The third kappa shape index (κ3) is 3.55. The number of aromatic nitrogens is 2. The topological polar surface area (TPSA) is 29.9 Å². The van der Waals surface area contributed by atoms with E-state index in [0.29, 0.717) is 6.04 Å². The van der Waals surface area contributed by atoms with Crippen molar-refractivity contribution in [2.24, 2.45) is 0 Å². The molecule has 21 heavy (non-hydrogen) atoms. The molecule has 0 fully saturated rings. The molecule has 4 heteroatoms. The molecular weight excluding hydrogens is 326 g/mol. The zero-order chi connectivity index (χ0) is 15.6. The first kappa shape index (κ1) is 16.2. The quantitative estimate of drug-likeness (QED) is 0.848. The molecule has 0 saturated carbocycles. The molecule has 0 radical (unpaired) electrons. The molecule has 0 amide bonds. The van der Waals surface area contributed by atoms with Gasteiger partial charge in [0.2, 0.25) is 0 Å².